The van der Waals surface area contributed by atoms with Gasteiger partial charge in [0.2, 0.25) is 0 Å². The minimum atomic E-state index is -0.787. The van der Waals surface area contributed by atoms with Gasteiger partial charge in [0.15, 0.2) is 5.60 Å². The van der Waals surface area contributed by atoms with Crippen molar-refractivity contribution in [2.75, 3.05) is 6.61 Å². The summed E-state index contributed by atoms with van der Waals surface area (Å²) in [5.74, 6) is 0.304. The number of aliphatic carboxylic acids is 1. The van der Waals surface area contributed by atoms with E-state index in [1.807, 2.05) is 0 Å². The maximum atomic E-state index is 10.9. The van der Waals surface area contributed by atoms with Crippen LogP contribution in [0, 0.1) is 5.92 Å². The molecule has 1 N–H and O–H groups in total. The van der Waals surface area contributed by atoms with Crippen molar-refractivity contribution in [3.63, 3.8) is 0 Å². The van der Waals surface area contributed by atoms with Crippen LogP contribution in [0.2, 0.25) is 0 Å². The van der Waals surface area contributed by atoms with Crippen LogP contribution in [0.4, 0.5) is 0 Å². The SMILES string of the molecule is O=C(O)C1(CCCCCCCCCC2CC2)CO1. The summed E-state index contributed by atoms with van der Waals surface area (Å²) >= 11 is 0. The van der Waals surface area contributed by atoms with Crippen LogP contribution in [0.1, 0.15) is 70.6 Å². The van der Waals surface area contributed by atoms with E-state index in [1.54, 1.807) is 0 Å². The molecule has 1 heterocycles. The van der Waals surface area contributed by atoms with Gasteiger partial charge in [0.05, 0.1) is 6.61 Å². The van der Waals surface area contributed by atoms with E-state index in [0.29, 0.717) is 13.0 Å². The van der Waals surface area contributed by atoms with Gasteiger partial charge >= 0.3 is 5.97 Å². The zero-order chi connectivity index (χ0) is 12.8. The normalized spacial score (nSPS) is 26.2. The van der Waals surface area contributed by atoms with Crippen molar-refractivity contribution in [3.8, 4) is 0 Å². The molecule has 1 saturated heterocycles. The molecule has 1 aliphatic carbocycles. The van der Waals surface area contributed by atoms with Crippen LogP contribution in [0.15, 0.2) is 0 Å². The highest BCUT2D eigenvalue weighted by atomic mass is 16.6. The number of ether oxygens (including phenoxy) is 1. The Morgan fingerprint density at radius 3 is 2.11 bits per heavy atom. The quantitative estimate of drug-likeness (QED) is 0.451. The highest BCUT2D eigenvalue weighted by Crippen LogP contribution is 2.34. The van der Waals surface area contributed by atoms with Gasteiger partial charge in [-0.2, -0.15) is 0 Å². The summed E-state index contributed by atoms with van der Waals surface area (Å²) < 4.78 is 5.05. The summed E-state index contributed by atoms with van der Waals surface area (Å²) in [6, 6.07) is 0. The average molecular weight is 254 g/mol. The molecule has 2 aliphatic rings. The lowest BCUT2D eigenvalue weighted by Crippen LogP contribution is -2.23. The smallest absolute Gasteiger partial charge is 0.338 e. The number of carbonyl (C=O) groups is 1. The molecule has 0 spiro atoms. The Hall–Kier alpha value is -0.570. The molecule has 0 aromatic rings. The van der Waals surface area contributed by atoms with E-state index < -0.39 is 11.6 Å². The van der Waals surface area contributed by atoms with Crippen molar-refractivity contribution in [3.05, 3.63) is 0 Å². The van der Waals surface area contributed by atoms with E-state index in [2.05, 4.69) is 0 Å². The van der Waals surface area contributed by atoms with Gasteiger partial charge in [-0.05, 0) is 18.8 Å². The van der Waals surface area contributed by atoms with Crippen molar-refractivity contribution < 1.29 is 14.6 Å². The largest absolute Gasteiger partial charge is 0.479 e. The molecule has 1 saturated carbocycles. The minimum absolute atomic E-state index is 0.420. The Balaban J connectivity index is 1.34. The molecule has 3 heteroatoms. The summed E-state index contributed by atoms with van der Waals surface area (Å²) in [6.07, 6.45) is 14.0. The second kappa shape index (κ2) is 6.55. The van der Waals surface area contributed by atoms with Gasteiger partial charge in [-0.15, -0.1) is 0 Å². The summed E-state index contributed by atoms with van der Waals surface area (Å²) in [4.78, 5) is 10.9. The van der Waals surface area contributed by atoms with Gasteiger partial charge in [0, 0.05) is 0 Å². The lowest BCUT2D eigenvalue weighted by molar-refractivity contribution is -0.143. The molecule has 104 valence electrons. The van der Waals surface area contributed by atoms with Crippen LogP contribution in [-0.4, -0.2) is 23.3 Å². The van der Waals surface area contributed by atoms with E-state index in [0.717, 1.165) is 18.8 Å². The molecule has 1 atom stereocenters. The van der Waals surface area contributed by atoms with E-state index in [1.165, 1.54) is 51.4 Å². The lowest BCUT2D eigenvalue weighted by atomic mass is 10.0. The first-order chi connectivity index (χ1) is 8.73. The fraction of sp³-hybridized carbons (Fsp3) is 0.933. The molecule has 2 rings (SSSR count). The molecular weight excluding hydrogens is 228 g/mol. The second-order valence-corrected chi connectivity index (χ2v) is 6.05. The Bertz CT molecular complexity index is 267. The molecular formula is C15H26O3. The third-order valence-corrected chi connectivity index (χ3v) is 4.27. The molecule has 0 amide bonds. The summed E-state index contributed by atoms with van der Waals surface area (Å²) in [6.45, 7) is 0.420. The maximum Gasteiger partial charge on any atom is 0.338 e. The number of unbranched alkanes of at least 4 members (excludes halogenated alkanes) is 6. The highest BCUT2D eigenvalue weighted by Gasteiger charge is 2.51. The van der Waals surface area contributed by atoms with Crippen LogP contribution in [-0.2, 0) is 9.53 Å². The van der Waals surface area contributed by atoms with Gasteiger partial charge in [0.25, 0.3) is 0 Å². The molecule has 0 bridgehead atoms. The fourth-order valence-corrected chi connectivity index (χ4v) is 2.60. The molecule has 1 aliphatic heterocycles. The molecule has 2 fully saturated rings. The molecule has 3 nitrogen and oxygen atoms in total. The first-order valence-corrected chi connectivity index (χ1v) is 7.60. The van der Waals surface area contributed by atoms with Crippen LogP contribution < -0.4 is 0 Å². The number of hydrogen-bond acceptors (Lipinski definition) is 2. The summed E-state index contributed by atoms with van der Waals surface area (Å²) in [5.41, 5.74) is -0.787. The third-order valence-electron chi connectivity index (χ3n) is 4.27. The van der Waals surface area contributed by atoms with Gasteiger partial charge in [-0.1, -0.05) is 57.8 Å². The fourth-order valence-electron chi connectivity index (χ4n) is 2.60. The van der Waals surface area contributed by atoms with Gasteiger partial charge in [-0.25, -0.2) is 4.79 Å². The first-order valence-electron chi connectivity index (χ1n) is 7.60. The van der Waals surface area contributed by atoms with Crippen LogP contribution >= 0.6 is 0 Å². The van der Waals surface area contributed by atoms with Crippen molar-refractivity contribution in [2.24, 2.45) is 5.92 Å². The molecule has 0 aromatic carbocycles. The number of hydrogen-bond donors (Lipinski definition) is 1. The Morgan fingerprint density at radius 2 is 1.61 bits per heavy atom. The second-order valence-electron chi connectivity index (χ2n) is 6.05. The van der Waals surface area contributed by atoms with Crippen molar-refractivity contribution in [1.29, 1.82) is 0 Å². The van der Waals surface area contributed by atoms with Crippen molar-refractivity contribution in [2.45, 2.75) is 76.2 Å². The topological polar surface area (TPSA) is 49.8 Å². The first kappa shape index (κ1) is 13.9. The molecule has 18 heavy (non-hydrogen) atoms. The Labute approximate surface area is 110 Å². The maximum absolute atomic E-state index is 10.9. The standard InChI is InChI=1S/C15H26O3/c16-14(17)15(12-18-15)11-7-5-3-1-2-4-6-8-13-9-10-13/h13H,1-12H2,(H,16,17). The Morgan fingerprint density at radius 1 is 1.06 bits per heavy atom. The molecule has 0 aromatic heterocycles. The molecule has 1 unspecified atom stereocenters. The van der Waals surface area contributed by atoms with E-state index in [9.17, 15) is 4.79 Å². The summed E-state index contributed by atoms with van der Waals surface area (Å²) in [7, 11) is 0. The number of rotatable bonds is 11. The van der Waals surface area contributed by atoms with Crippen molar-refractivity contribution in [1.82, 2.24) is 0 Å². The minimum Gasteiger partial charge on any atom is -0.479 e. The van der Waals surface area contributed by atoms with Gasteiger partial charge in [-0.3, -0.25) is 0 Å². The van der Waals surface area contributed by atoms with Gasteiger partial charge < -0.3 is 9.84 Å². The predicted molar refractivity (Wildman–Crippen MR) is 70.6 cm³/mol. The zero-order valence-corrected chi connectivity index (χ0v) is 11.3. The van der Waals surface area contributed by atoms with Crippen LogP contribution in [0.25, 0.3) is 0 Å². The van der Waals surface area contributed by atoms with E-state index in [4.69, 9.17) is 9.84 Å². The lowest BCUT2D eigenvalue weighted by Gasteiger charge is -2.06. The third kappa shape index (κ3) is 4.60. The number of carboxylic acids is 1. The van der Waals surface area contributed by atoms with E-state index >= 15 is 0 Å². The van der Waals surface area contributed by atoms with E-state index in [-0.39, 0.29) is 0 Å². The predicted octanol–water partition coefficient (Wildman–Crippen LogP) is 3.76. The van der Waals surface area contributed by atoms with Gasteiger partial charge in [0.1, 0.15) is 0 Å². The molecule has 0 radical (unpaired) electrons. The monoisotopic (exact) mass is 254 g/mol. The van der Waals surface area contributed by atoms with Crippen molar-refractivity contribution >= 4 is 5.97 Å². The summed E-state index contributed by atoms with van der Waals surface area (Å²) in [5, 5.41) is 8.93. The van der Waals surface area contributed by atoms with Crippen LogP contribution in [0.5, 0.6) is 0 Å². The number of carboxylic acid groups (broad SMARTS) is 1. The zero-order valence-electron chi connectivity index (χ0n) is 11.3. The highest BCUT2D eigenvalue weighted by molar-refractivity contribution is 5.80. The average Bonchev–Trinajstić information content (AvgIpc) is 3.22. The Kier molecular flexibility index (Phi) is 5.04. The van der Waals surface area contributed by atoms with Crippen LogP contribution in [0.3, 0.4) is 0 Å². The number of epoxide rings is 1.